The average molecular weight is 606 g/mol. The van der Waals surface area contributed by atoms with Crippen LogP contribution in [-0.2, 0) is 15.9 Å². The Labute approximate surface area is 260 Å². The fraction of sp³-hybridized carbons (Fsp3) is 0.515. The zero-order valence-corrected chi connectivity index (χ0v) is 25.9. The second-order valence-corrected chi connectivity index (χ2v) is 10.8. The highest BCUT2D eigenvalue weighted by Crippen LogP contribution is 2.20. The molecule has 1 aliphatic carbocycles. The predicted octanol–water partition coefficient (Wildman–Crippen LogP) is 4.93. The summed E-state index contributed by atoms with van der Waals surface area (Å²) in [4.78, 5) is 26.0. The molecule has 4 N–H and O–H groups in total. The van der Waals surface area contributed by atoms with Gasteiger partial charge in [-0.2, -0.15) is 15.0 Å². The fourth-order valence-electron chi connectivity index (χ4n) is 4.98. The molecule has 11 heteroatoms. The molecule has 1 aromatic heterocycles. The lowest BCUT2D eigenvalue weighted by atomic mass is 9.97. The molecule has 1 saturated carbocycles. The topological polar surface area (TPSA) is 132 Å². The van der Waals surface area contributed by atoms with Gasteiger partial charge in [-0.15, -0.1) is 0 Å². The van der Waals surface area contributed by atoms with E-state index in [1.807, 2.05) is 30.3 Å². The van der Waals surface area contributed by atoms with E-state index in [-0.39, 0.29) is 5.91 Å². The molecule has 0 saturated heterocycles. The molecule has 1 heterocycles. The van der Waals surface area contributed by atoms with E-state index in [2.05, 4.69) is 48.4 Å². The molecule has 0 bridgehead atoms. The summed E-state index contributed by atoms with van der Waals surface area (Å²) in [5, 5.41) is 13.1. The van der Waals surface area contributed by atoms with Crippen molar-refractivity contribution >= 4 is 23.8 Å². The molecule has 2 aromatic carbocycles. The minimum atomic E-state index is -0.103. The molecule has 0 aliphatic heterocycles. The van der Waals surface area contributed by atoms with Crippen molar-refractivity contribution in [2.24, 2.45) is 0 Å². The molecule has 0 atom stereocenters. The van der Waals surface area contributed by atoms with Gasteiger partial charge in [0.2, 0.25) is 17.8 Å². The van der Waals surface area contributed by atoms with Gasteiger partial charge in [-0.25, -0.2) is 0 Å². The van der Waals surface area contributed by atoms with Crippen molar-refractivity contribution in [1.82, 2.24) is 20.3 Å². The number of hydrogen-bond acceptors (Lipinski definition) is 10. The van der Waals surface area contributed by atoms with E-state index in [0.29, 0.717) is 75.5 Å². The highest BCUT2D eigenvalue weighted by molar-refractivity contribution is 5.94. The summed E-state index contributed by atoms with van der Waals surface area (Å²) in [5.41, 5.74) is 1.84. The lowest BCUT2D eigenvalue weighted by molar-refractivity contribution is 0.0519. The van der Waals surface area contributed by atoms with E-state index >= 15 is 0 Å². The van der Waals surface area contributed by atoms with Crippen LogP contribution in [0.15, 0.2) is 54.6 Å². The molecular weight excluding hydrogens is 558 g/mol. The molecule has 44 heavy (non-hydrogen) atoms. The largest absolute Gasteiger partial charge is 0.497 e. The van der Waals surface area contributed by atoms with E-state index in [1.54, 1.807) is 19.2 Å². The third kappa shape index (κ3) is 12.3. The van der Waals surface area contributed by atoms with E-state index in [0.717, 1.165) is 25.0 Å². The molecule has 4 rings (SSSR count). The van der Waals surface area contributed by atoms with Crippen molar-refractivity contribution < 1.29 is 19.0 Å². The summed E-state index contributed by atoms with van der Waals surface area (Å²) >= 11 is 0. The van der Waals surface area contributed by atoms with Crippen LogP contribution in [0.2, 0.25) is 0 Å². The summed E-state index contributed by atoms with van der Waals surface area (Å²) in [7, 11) is 1.67. The van der Waals surface area contributed by atoms with E-state index in [1.165, 1.54) is 37.7 Å². The van der Waals surface area contributed by atoms with Crippen molar-refractivity contribution in [3.63, 3.8) is 0 Å². The number of hydrogen-bond donors (Lipinski definition) is 4. The zero-order valence-electron chi connectivity index (χ0n) is 25.9. The first kappa shape index (κ1) is 32.9. The molecule has 238 valence electrons. The summed E-state index contributed by atoms with van der Waals surface area (Å²) in [6.45, 7) is 3.50. The maximum absolute atomic E-state index is 12.0. The Morgan fingerprint density at radius 2 is 1.34 bits per heavy atom. The first-order valence-corrected chi connectivity index (χ1v) is 15.8. The Hall–Kier alpha value is -3.96. The highest BCUT2D eigenvalue weighted by Gasteiger charge is 2.14. The monoisotopic (exact) mass is 605 g/mol. The van der Waals surface area contributed by atoms with E-state index < -0.39 is 0 Å². The number of benzene rings is 2. The lowest BCUT2D eigenvalue weighted by Crippen LogP contribution is -2.27. The summed E-state index contributed by atoms with van der Waals surface area (Å²) in [6.07, 6.45) is 9.45. The van der Waals surface area contributed by atoms with Crippen LogP contribution in [0.3, 0.4) is 0 Å². The lowest BCUT2D eigenvalue weighted by Gasteiger charge is -2.21. The number of amides is 1. The van der Waals surface area contributed by atoms with Crippen LogP contribution in [0.1, 0.15) is 60.9 Å². The summed E-state index contributed by atoms with van der Waals surface area (Å²) in [6, 6.07) is 17.6. The van der Waals surface area contributed by atoms with Crippen LogP contribution in [0.25, 0.3) is 0 Å². The van der Waals surface area contributed by atoms with E-state index in [4.69, 9.17) is 14.2 Å². The third-order valence-electron chi connectivity index (χ3n) is 7.40. The van der Waals surface area contributed by atoms with E-state index in [9.17, 15) is 4.79 Å². The predicted molar refractivity (Wildman–Crippen MR) is 174 cm³/mol. The molecule has 11 nitrogen and oxygen atoms in total. The van der Waals surface area contributed by atoms with Crippen LogP contribution < -0.4 is 26.0 Å². The SMILES string of the molecule is COc1ccc(CCNc2nc(NCCOCCOCCNC(=O)c3ccccc3)nc(NC3CCCCCCC3)n2)cc1. The second-order valence-electron chi connectivity index (χ2n) is 10.8. The quantitative estimate of drug-likeness (QED) is 0.148. The first-order valence-electron chi connectivity index (χ1n) is 15.8. The standard InChI is InChI=1S/C33H47N7O4/c1-42-29-16-14-26(15-17-29)18-19-35-31-38-32(40-33(39-31)37-28-12-8-3-2-4-9-13-28)36-21-23-44-25-24-43-22-20-34-30(41)27-10-6-5-7-11-27/h5-7,10-11,14-17,28H,2-4,8-9,12-13,18-25H2,1H3,(H,34,41)(H3,35,36,37,38,39,40). The minimum Gasteiger partial charge on any atom is -0.497 e. The fourth-order valence-corrected chi connectivity index (χ4v) is 4.98. The first-order chi connectivity index (χ1) is 21.7. The Bertz CT molecular complexity index is 1220. The second kappa shape index (κ2) is 19.3. The van der Waals surface area contributed by atoms with Crippen molar-refractivity contribution in [2.45, 2.75) is 57.4 Å². The molecule has 3 aromatic rings. The van der Waals surface area contributed by atoms with Crippen LogP contribution in [0, 0.1) is 0 Å². The highest BCUT2D eigenvalue weighted by atomic mass is 16.5. The number of carbonyl (C=O) groups is 1. The molecule has 1 fully saturated rings. The average Bonchev–Trinajstić information content (AvgIpc) is 3.04. The van der Waals surface area contributed by atoms with Crippen molar-refractivity contribution in [1.29, 1.82) is 0 Å². The number of carbonyl (C=O) groups excluding carboxylic acids is 1. The van der Waals surface area contributed by atoms with Gasteiger partial charge in [0.05, 0.1) is 33.5 Å². The molecule has 0 radical (unpaired) electrons. The number of nitrogens with one attached hydrogen (secondary N) is 4. The number of rotatable bonds is 18. The molecule has 1 amide bonds. The van der Waals surface area contributed by atoms with Crippen molar-refractivity contribution in [3.05, 3.63) is 65.7 Å². The number of aromatic nitrogens is 3. The van der Waals surface area contributed by atoms with Gasteiger partial charge in [0, 0.05) is 31.2 Å². The molecule has 0 unspecified atom stereocenters. The molecule has 1 aliphatic rings. The van der Waals surface area contributed by atoms with Gasteiger partial charge in [0.25, 0.3) is 5.91 Å². The van der Waals surface area contributed by atoms with Crippen molar-refractivity contribution in [2.75, 3.05) is 69.1 Å². The van der Waals surface area contributed by atoms with Crippen LogP contribution >= 0.6 is 0 Å². The van der Waals surface area contributed by atoms with Crippen LogP contribution in [0.4, 0.5) is 17.8 Å². The number of methoxy groups -OCH3 is 1. The number of ether oxygens (including phenoxy) is 3. The summed E-state index contributed by atoms with van der Waals surface area (Å²) < 4.78 is 16.5. The third-order valence-corrected chi connectivity index (χ3v) is 7.40. The molecular formula is C33H47N7O4. The maximum Gasteiger partial charge on any atom is 0.251 e. The van der Waals surface area contributed by atoms with Crippen molar-refractivity contribution in [3.8, 4) is 5.75 Å². The summed E-state index contributed by atoms with van der Waals surface area (Å²) in [5.74, 6) is 2.38. The normalized spacial score (nSPS) is 13.8. The maximum atomic E-state index is 12.0. The zero-order chi connectivity index (χ0) is 30.7. The number of nitrogens with zero attached hydrogens (tertiary/aromatic N) is 3. The van der Waals surface area contributed by atoms with Gasteiger partial charge >= 0.3 is 0 Å². The molecule has 0 spiro atoms. The van der Waals surface area contributed by atoms with Gasteiger partial charge < -0.3 is 35.5 Å². The Kier molecular flexibility index (Phi) is 14.5. The Morgan fingerprint density at radius 3 is 2.02 bits per heavy atom. The smallest absolute Gasteiger partial charge is 0.251 e. The van der Waals surface area contributed by atoms with Gasteiger partial charge in [-0.05, 0) is 49.1 Å². The Morgan fingerprint density at radius 1 is 0.727 bits per heavy atom. The van der Waals surface area contributed by atoms with Gasteiger partial charge in [0.1, 0.15) is 5.75 Å². The van der Waals surface area contributed by atoms with Crippen LogP contribution in [0.5, 0.6) is 5.75 Å². The van der Waals surface area contributed by atoms with Gasteiger partial charge in [-0.3, -0.25) is 4.79 Å². The minimum absolute atomic E-state index is 0.103. The number of anilines is 3. The Balaban J connectivity index is 1.18. The van der Waals surface area contributed by atoms with Crippen LogP contribution in [-0.4, -0.2) is 80.1 Å². The van der Waals surface area contributed by atoms with Gasteiger partial charge in [0.15, 0.2) is 0 Å². The van der Waals surface area contributed by atoms with Gasteiger partial charge in [-0.1, -0.05) is 62.4 Å².